The van der Waals surface area contributed by atoms with Gasteiger partial charge in [0.2, 0.25) is 17.8 Å². The van der Waals surface area contributed by atoms with Gasteiger partial charge in [0.25, 0.3) is 0 Å². The number of aromatic nitrogens is 2. The lowest BCUT2D eigenvalue weighted by molar-refractivity contribution is -0.125. The van der Waals surface area contributed by atoms with Crippen molar-refractivity contribution in [1.29, 1.82) is 0 Å². The number of nitrogens with one attached hydrogen (secondary N) is 1. The Labute approximate surface area is 185 Å². The second kappa shape index (κ2) is 8.93. The molecule has 0 bridgehead atoms. The molecule has 3 heterocycles. The van der Waals surface area contributed by atoms with Crippen molar-refractivity contribution in [3.63, 3.8) is 0 Å². The van der Waals surface area contributed by atoms with Crippen LogP contribution >= 0.6 is 11.5 Å². The van der Waals surface area contributed by atoms with Gasteiger partial charge < -0.3 is 19.7 Å². The molecule has 3 aromatic rings. The van der Waals surface area contributed by atoms with E-state index in [2.05, 4.69) is 26.7 Å². The van der Waals surface area contributed by atoms with E-state index in [4.69, 9.17) is 14.5 Å². The van der Waals surface area contributed by atoms with Crippen LogP contribution in [0.5, 0.6) is 11.5 Å². The third-order valence-corrected chi connectivity index (χ3v) is 6.44. The summed E-state index contributed by atoms with van der Waals surface area (Å²) in [4.78, 5) is 19.7. The van der Waals surface area contributed by atoms with Gasteiger partial charge in [-0.05, 0) is 36.1 Å². The lowest BCUT2D eigenvalue weighted by Gasteiger charge is -2.31. The lowest BCUT2D eigenvalue weighted by Crippen LogP contribution is -2.43. The van der Waals surface area contributed by atoms with Crippen molar-refractivity contribution in [2.75, 3.05) is 24.8 Å². The van der Waals surface area contributed by atoms with Crippen molar-refractivity contribution < 1.29 is 14.3 Å². The summed E-state index contributed by atoms with van der Waals surface area (Å²) >= 11 is 1.42. The number of carbonyl (C=O) groups is 1. The molecule has 31 heavy (non-hydrogen) atoms. The maximum absolute atomic E-state index is 12.8. The summed E-state index contributed by atoms with van der Waals surface area (Å²) in [5.41, 5.74) is 2.20. The zero-order valence-electron chi connectivity index (χ0n) is 17.1. The third-order valence-electron chi connectivity index (χ3n) is 5.63. The van der Waals surface area contributed by atoms with E-state index in [1.807, 2.05) is 36.4 Å². The second-order valence-corrected chi connectivity index (χ2v) is 8.58. The molecule has 160 valence electrons. The van der Waals surface area contributed by atoms with Crippen LogP contribution in [0, 0.1) is 5.92 Å². The SMILES string of the molecule is O=C(NCc1ccc2c(c1)OCO2)C1CCCN(c2nc(Cc3ccccc3)ns2)C1. The van der Waals surface area contributed by atoms with E-state index in [1.54, 1.807) is 0 Å². The van der Waals surface area contributed by atoms with E-state index in [9.17, 15) is 4.79 Å². The average molecular weight is 437 g/mol. The first-order chi connectivity index (χ1) is 15.2. The predicted molar refractivity (Wildman–Crippen MR) is 119 cm³/mol. The topological polar surface area (TPSA) is 76.6 Å². The van der Waals surface area contributed by atoms with Crippen LogP contribution in [0.3, 0.4) is 0 Å². The number of fused-ring (bicyclic) bond motifs is 1. The number of nitrogens with zero attached hydrogens (tertiary/aromatic N) is 3. The maximum Gasteiger partial charge on any atom is 0.231 e. The van der Waals surface area contributed by atoms with Gasteiger partial charge in [-0.15, -0.1) is 0 Å². The van der Waals surface area contributed by atoms with Crippen LogP contribution < -0.4 is 19.7 Å². The average Bonchev–Trinajstić information content (AvgIpc) is 3.47. The molecule has 1 N–H and O–H groups in total. The minimum absolute atomic E-state index is 0.0516. The molecule has 5 rings (SSSR count). The minimum Gasteiger partial charge on any atom is -0.454 e. The summed E-state index contributed by atoms with van der Waals surface area (Å²) in [6, 6.07) is 16.0. The molecule has 1 amide bonds. The standard InChI is InChI=1S/C23H24N4O3S/c28-22(24-13-17-8-9-19-20(11-17)30-15-29-19)18-7-4-10-27(14-18)23-25-21(26-31-23)12-16-5-2-1-3-6-16/h1-3,5-6,8-9,11,18H,4,7,10,12-15H2,(H,24,28). The van der Waals surface area contributed by atoms with Gasteiger partial charge >= 0.3 is 0 Å². The molecule has 0 aliphatic carbocycles. The fourth-order valence-electron chi connectivity index (χ4n) is 3.97. The van der Waals surface area contributed by atoms with Crippen molar-refractivity contribution in [3.8, 4) is 11.5 Å². The highest BCUT2D eigenvalue weighted by Gasteiger charge is 2.27. The summed E-state index contributed by atoms with van der Waals surface area (Å²) in [6.07, 6.45) is 2.58. The van der Waals surface area contributed by atoms with Crippen molar-refractivity contribution in [3.05, 3.63) is 65.5 Å². The maximum atomic E-state index is 12.8. The molecule has 1 aromatic heterocycles. The van der Waals surface area contributed by atoms with Crippen LogP contribution in [-0.4, -0.2) is 35.1 Å². The molecular formula is C23H24N4O3S. The first-order valence-corrected chi connectivity index (χ1v) is 11.3. The Morgan fingerprint density at radius 3 is 2.90 bits per heavy atom. The molecule has 1 fully saturated rings. The van der Waals surface area contributed by atoms with E-state index >= 15 is 0 Å². The second-order valence-electron chi connectivity index (χ2n) is 7.85. The monoisotopic (exact) mass is 436 g/mol. The van der Waals surface area contributed by atoms with E-state index in [1.165, 1.54) is 17.1 Å². The van der Waals surface area contributed by atoms with Crippen molar-refractivity contribution in [1.82, 2.24) is 14.7 Å². The van der Waals surface area contributed by atoms with Crippen molar-refractivity contribution in [2.45, 2.75) is 25.8 Å². The van der Waals surface area contributed by atoms with Gasteiger partial charge in [-0.3, -0.25) is 4.79 Å². The number of hydrogen-bond donors (Lipinski definition) is 1. The van der Waals surface area contributed by atoms with Gasteiger partial charge in [-0.1, -0.05) is 36.4 Å². The first-order valence-electron chi connectivity index (χ1n) is 10.5. The Morgan fingerprint density at radius 2 is 2.00 bits per heavy atom. The molecule has 1 unspecified atom stereocenters. The number of carbonyl (C=O) groups excluding carboxylic acids is 1. The Kier molecular flexibility index (Phi) is 5.71. The summed E-state index contributed by atoms with van der Waals surface area (Å²) in [5.74, 6) is 2.35. The van der Waals surface area contributed by atoms with Crippen LogP contribution in [0.25, 0.3) is 0 Å². The van der Waals surface area contributed by atoms with Crippen molar-refractivity contribution >= 4 is 22.6 Å². The molecular weight excluding hydrogens is 412 g/mol. The third kappa shape index (κ3) is 4.64. The summed E-state index contributed by atoms with van der Waals surface area (Å²) < 4.78 is 15.3. The van der Waals surface area contributed by atoms with Gasteiger partial charge in [0.15, 0.2) is 11.5 Å². The highest BCUT2D eigenvalue weighted by Crippen LogP contribution is 2.32. The Morgan fingerprint density at radius 1 is 1.13 bits per heavy atom. The van der Waals surface area contributed by atoms with Crippen LogP contribution in [0.1, 0.15) is 29.8 Å². The number of ether oxygens (including phenoxy) is 2. The van der Waals surface area contributed by atoms with E-state index < -0.39 is 0 Å². The van der Waals surface area contributed by atoms with Gasteiger partial charge in [0.1, 0.15) is 5.82 Å². The summed E-state index contributed by atoms with van der Waals surface area (Å²) in [6.45, 7) is 2.31. The van der Waals surface area contributed by atoms with Gasteiger partial charge in [-0.25, -0.2) is 4.98 Å². The lowest BCUT2D eigenvalue weighted by atomic mass is 9.97. The number of anilines is 1. The molecule has 8 heteroatoms. The summed E-state index contributed by atoms with van der Waals surface area (Å²) in [7, 11) is 0. The molecule has 2 aromatic carbocycles. The number of piperidine rings is 1. The molecule has 7 nitrogen and oxygen atoms in total. The largest absolute Gasteiger partial charge is 0.454 e. The molecule has 0 saturated carbocycles. The molecule has 0 spiro atoms. The van der Waals surface area contributed by atoms with Crippen molar-refractivity contribution in [2.24, 2.45) is 5.92 Å². The summed E-state index contributed by atoms with van der Waals surface area (Å²) in [5, 5.41) is 3.98. The zero-order valence-corrected chi connectivity index (χ0v) is 17.9. The molecule has 2 aliphatic heterocycles. The molecule has 0 radical (unpaired) electrons. The van der Waals surface area contributed by atoms with Gasteiger partial charge in [0.05, 0.1) is 5.92 Å². The smallest absolute Gasteiger partial charge is 0.231 e. The Hall–Kier alpha value is -3.13. The van der Waals surface area contributed by atoms with Crippen LogP contribution in [0.4, 0.5) is 5.13 Å². The van der Waals surface area contributed by atoms with Gasteiger partial charge in [0, 0.05) is 37.6 Å². The minimum atomic E-state index is -0.0516. The van der Waals surface area contributed by atoms with E-state index in [0.29, 0.717) is 13.1 Å². The van der Waals surface area contributed by atoms with E-state index in [-0.39, 0.29) is 18.6 Å². The highest BCUT2D eigenvalue weighted by atomic mass is 32.1. The fraction of sp³-hybridized carbons (Fsp3) is 0.348. The molecule has 1 saturated heterocycles. The Bertz CT molecular complexity index is 1060. The normalized spacial score (nSPS) is 17.5. The Balaban J connectivity index is 1.17. The number of amides is 1. The number of hydrogen-bond acceptors (Lipinski definition) is 7. The molecule has 1 atom stereocenters. The number of benzene rings is 2. The van der Waals surface area contributed by atoms with Gasteiger partial charge in [-0.2, -0.15) is 4.37 Å². The van der Waals surface area contributed by atoms with E-state index in [0.717, 1.165) is 53.8 Å². The molecule has 2 aliphatic rings. The first kappa shape index (κ1) is 19.8. The predicted octanol–water partition coefficient (Wildman–Crippen LogP) is 3.39. The van der Waals surface area contributed by atoms with Crippen LogP contribution in [0.15, 0.2) is 48.5 Å². The zero-order chi connectivity index (χ0) is 21.0. The number of rotatable bonds is 6. The fourth-order valence-corrected chi connectivity index (χ4v) is 4.69. The van der Waals surface area contributed by atoms with Crippen LogP contribution in [0.2, 0.25) is 0 Å². The highest BCUT2D eigenvalue weighted by molar-refractivity contribution is 7.09. The quantitative estimate of drug-likeness (QED) is 0.638. The van der Waals surface area contributed by atoms with Crippen LogP contribution in [-0.2, 0) is 17.8 Å².